The van der Waals surface area contributed by atoms with Gasteiger partial charge in [-0.3, -0.25) is 0 Å². The van der Waals surface area contributed by atoms with Crippen molar-refractivity contribution < 1.29 is 4.74 Å². The number of nitrogens with one attached hydrogen (secondary N) is 1. The number of hydrogen-bond acceptors (Lipinski definition) is 4. The maximum absolute atomic E-state index is 5.91. The maximum Gasteiger partial charge on any atom is 0.0945 e. The molecule has 0 saturated heterocycles. The van der Waals surface area contributed by atoms with Crippen LogP contribution in [0.25, 0.3) is 0 Å². The quantitative estimate of drug-likeness (QED) is 0.743. The van der Waals surface area contributed by atoms with Crippen LogP contribution in [0.1, 0.15) is 65.1 Å². The third-order valence-electron chi connectivity index (χ3n) is 3.60. The van der Waals surface area contributed by atoms with Gasteiger partial charge in [0.1, 0.15) is 0 Å². The highest BCUT2D eigenvalue weighted by Gasteiger charge is 2.23. The van der Waals surface area contributed by atoms with E-state index in [9.17, 15) is 0 Å². The number of thiazole rings is 1. The van der Waals surface area contributed by atoms with Crippen molar-refractivity contribution in [1.29, 1.82) is 0 Å². The average Bonchev–Trinajstić information content (AvgIpc) is 2.89. The molecule has 1 heterocycles. The van der Waals surface area contributed by atoms with Crippen molar-refractivity contribution in [2.24, 2.45) is 0 Å². The molecule has 21 heavy (non-hydrogen) atoms. The summed E-state index contributed by atoms with van der Waals surface area (Å²) >= 11 is 1.78. The minimum Gasteiger partial charge on any atom is -0.377 e. The minimum atomic E-state index is 0.130. The highest BCUT2D eigenvalue weighted by molar-refractivity contribution is 7.09. The molecule has 0 aromatic carbocycles. The van der Waals surface area contributed by atoms with Crippen molar-refractivity contribution in [3.8, 4) is 0 Å². The van der Waals surface area contributed by atoms with Crippen LogP contribution in [0.15, 0.2) is 5.38 Å². The number of rotatable bonds is 9. The first-order chi connectivity index (χ1) is 9.92. The summed E-state index contributed by atoms with van der Waals surface area (Å²) in [4.78, 5) is 4.83. The van der Waals surface area contributed by atoms with E-state index in [1.807, 2.05) is 0 Å². The van der Waals surface area contributed by atoms with Crippen molar-refractivity contribution in [2.45, 2.75) is 78.4 Å². The van der Waals surface area contributed by atoms with Crippen LogP contribution in [0, 0.1) is 0 Å². The highest BCUT2D eigenvalue weighted by Crippen LogP contribution is 2.25. The molecule has 0 spiro atoms. The van der Waals surface area contributed by atoms with E-state index in [1.165, 1.54) is 10.7 Å². The van der Waals surface area contributed by atoms with Crippen LogP contribution in [-0.2, 0) is 16.6 Å². The van der Waals surface area contributed by atoms with Crippen LogP contribution in [-0.4, -0.2) is 30.3 Å². The van der Waals surface area contributed by atoms with E-state index in [-0.39, 0.29) is 11.5 Å². The number of aromatic nitrogens is 1. The minimum absolute atomic E-state index is 0.130. The molecule has 3 nitrogen and oxygen atoms in total. The molecular formula is C17H32N2OS. The Hall–Kier alpha value is -0.450. The van der Waals surface area contributed by atoms with Crippen molar-refractivity contribution >= 4 is 11.3 Å². The summed E-state index contributed by atoms with van der Waals surface area (Å²) in [6.45, 7) is 14.9. The lowest BCUT2D eigenvalue weighted by Gasteiger charge is -2.26. The Balaban J connectivity index is 2.77. The van der Waals surface area contributed by atoms with Gasteiger partial charge < -0.3 is 10.1 Å². The lowest BCUT2D eigenvalue weighted by Crippen LogP contribution is -2.43. The summed E-state index contributed by atoms with van der Waals surface area (Å²) in [5, 5.41) is 7.06. The molecule has 1 N–H and O–H groups in total. The molecule has 2 atom stereocenters. The SMILES string of the molecule is CCCNC(Cc1nc(C(C)(C)C)cs1)C(CC)OCC. The van der Waals surface area contributed by atoms with Gasteiger partial charge in [-0.25, -0.2) is 4.98 Å². The van der Waals surface area contributed by atoms with Gasteiger partial charge in [0.15, 0.2) is 0 Å². The largest absolute Gasteiger partial charge is 0.377 e. The fraction of sp³-hybridized carbons (Fsp3) is 0.824. The third kappa shape index (κ3) is 6.05. The van der Waals surface area contributed by atoms with Crippen molar-refractivity contribution in [3.05, 3.63) is 16.1 Å². The molecule has 122 valence electrons. The average molecular weight is 313 g/mol. The summed E-state index contributed by atoms with van der Waals surface area (Å²) in [6, 6.07) is 0.355. The van der Waals surface area contributed by atoms with Crippen LogP contribution in [0.5, 0.6) is 0 Å². The zero-order chi connectivity index (χ0) is 15.9. The predicted octanol–water partition coefficient (Wildman–Crippen LogP) is 4.17. The zero-order valence-electron chi connectivity index (χ0n) is 14.5. The van der Waals surface area contributed by atoms with Gasteiger partial charge in [-0.2, -0.15) is 0 Å². The summed E-state index contributed by atoms with van der Waals surface area (Å²) in [7, 11) is 0. The first-order valence-electron chi connectivity index (χ1n) is 8.22. The molecule has 1 aromatic heterocycles. The van der Waals surface area contributed by atoms with Crippen molar-refractivity contribution in [3.63, 3.8) is 0 Å². The van der Waals surface area contributed by atoms with Gasteiger partial charge in [0.05, 0.1) is 16.8 Å². The van der Waals surface area contributed by atoms with E-state index in [0.717, 1.165) is 32.4 Å². The van der Waals surface area contributed by atoms with E-state index in [2.05, 4.69) is 52.2 Å². The molecule has 2 unspecified atom stereocenters. The Morgan fingerprint density at radius 1 is 1.29 bits per heavy atom. The van der Waals surface area contributed by atoms with Gasteiger partial charge in [-0.15, -0.1) is 11.3 Å². The first kappa shape index (κ1) is 18.6. The second kappa shape index (κ2) is 8.86. The molecule has 0 aliphatic rings. The Kier molecular flexibility index (Phi) is 7.85. The maximum atomic E-state index is 5.91. The van der Waals surface area contributed by atoms with Gasteiger partial charge in [-0.1, -0.05) is 34.6 Å². The van der Waals surface area contributed by atoms with E-state index in [0.29, 0.717) is 6.04 Å². The monoisotopic (exact) mass is 312 g/mol. The van der Waals surface area contributed by atoms with Crippen molar-refractivity contribution in [2.75, 3.05) is 13.2 Å². The van der Waals surface area contributed by atoms with Crippen LogP contribution in [0.2, 0.25) is 0 Å². The van der Waals surface area contributed by atoms with E-state index >= 15 is 0 Å². The smallest absolute Gasteiger partial charge is 0.0945 e. The van der Waals surface area contributed by atoms with E-state index < -0.39 is 0 Å². The molecule has 0 bridgehead atoms. The highest BCUT2D eigenvalue weighted by atomic mass is 32.1. The summed E-state index contributed by atoms with van der Waals surface area (Å²) in [6.07, 6.45) is 3.40. The Bertz CT molecular complexity index is 398. The normalized spacial score (nSPS) is 15.1. The summed E-state index contributed by atoms with van der Waals surface area (Å²) in [5.41, 5.74) is 1.33. The second-order valence-corrected chi connectivity index (χ2v) is 7.49. The standard InChI is InChI=1S/C17H32N2OS/c1-7-10-18-13(14(8-2)20-9-3)11-16-19-15(12-21-16)17(4,5)6/h12-14,18H,7-11H2,1-6H3. The van der Waals surface area contributed by atoms with Gasteiger partial charge in [0.25, 0.3) is 0 Å². The molecule has 0 radical (unpaired) electrons. The Morgan fingerprint density at radius 2 is 2.00 bits per heavy atom. The molecule has 1 aromatic rings. The van der Waals surface area contributed by atoms with Gasteiger partial charge in [0.2, 0.25) is 0 Å². The third-order valence-corrected chi connectivity index (χ3v) is 4.47. The molecular weight excluding hydrogens is 280 g/mol. The fourth-order valence-electron chi connectivity index (χ4n) is 2.33. The van der Waals surface area contributed by atoms with Gasteiger partial charge in [-0.05, 0) is 26.3 Å². The lowest BCUT2D eigenvalue weighted by molar-refractivity contribution is 0.0319. The molecule has 0 aliphatic heterocycles. The molecule has 0 amide bonds. The predicted molar refractivity (Wildman–Crippen MR) is 92.3 cm³/mol. The van der Waals surface area contributed by atoms with Crippen LogP contribution in [0.3, 0.4) is 0 Å². The lowest BCUT2D eigenvalue weighted by atomic mass is 9.93. The van der Waals surface area contributed by atoms with Crippen LogP contribution in [0.4, 0.5) is 0 Å². The number of ether oxygens (including phenoxy) is 1. The zero-order valence-corrected chi connectivity index (χ0v) is 15.3. The topological polar surface area (TPSA) is 34.2 Å². The molecule has 1 rings (SSSR count). The van der Waals surface area contributed by atoms with Crippen molar-refractivity contribution in [1.82, 2.24) is 10.3 Å². The summed E-state index contributed by atoms with van der Waals surface area (Å²) in [5.74, 6) is 0. The van der Waals surface area contributed by atoms with Crippen LogP contribution < -0.4 is 5.32 Å². The fourth-order valence-corrected chi connectivity index (χ4v) is 3.42. The Labute approximate surface area is 134 Å². The number of nitrogens with zero attached hydrogens (tertiary/aromatic N) is 1. The van der Waals surface area contributed by atoms with Gasteiger partial charge >= 0.3 is 0 Å². The molecule has 0 saturated carbocycles. The van der Waals surface area contributed by atoms with Crippen LogP contribution >= 0.6 is 11.3 Å². The van der Waals surface area contributed by atoms with E-state index in [1.54, 1.807) is 11.3 Å². The Morgan fingerprint density at radius 3 is 2.48 bits per heavy atom. The number of hydrogen-bond donors (Lipinski definition) is 1. The molecule has 4 heteroatoms. The second-order valence-electron chi connectivity index (χ2n) is 6.54. The first-order valence-corrected chi connectivity index (χ1v) is 9.10. The molecule has 0 fully saturated rings. The van der Waals surface area contributed by atoms with Gasteiger partial charge in [0, 0.05) is 29.9 Å². The summed E-state index contributed by atoms with van der Waals surface area (Å²) < 4.78 is 5.91. The van der Waals surface area contributed by atoms with E-state index in [4.69, 9.17) is 9.72 Å². The molecule has 0 aliphatic carbocycles.